The molecule has 1 atom stereocenters. The van der Waals surface area contributed by atoms with E-state index in [4.69, 9.17) is 0 Å². The SMILES string of the molecule is Cc1ccc(C(=O)NC[C@H]2CC(=O)N(c3ccc(F)cc3)C2)cc1C. The minimum atomic E-state index is -0.326. The van der Waals surface area contributed by atoms with Crippen LogP contribution in [-0.2, 0) is 4.79 Å². The number of nitrogens with one attached hydrogen (secondary N) is 1. The van der Waals surface area contributed by atoms with Crippen molar-refractivity contribution in [3.63, 3.8) is 0 Å². The molecule has 2 amide bonds. The summed E-state index contributed by atoms with van der Waals surface area (Å²) in [6.07, 6.45) is 0.380. The van der Waals surface area contributed by atoms with Crippen LogP contribution in [0.15, 0.2) is 42.5 Å². The van der Waals surface area contributed by atoms with Crippen molar-refractivity contribution in [2.24, 2.45) is 5.92 Å². The van der Waals surface area contributed by atoms with Crippen molar-refractivity contribution in [3.8, 4) is 0 Å². The Balaban J connectivity index is 1.59. The molecular formula is C20H21FN2O2. The molecule has 0 unspecified atom stereocenters. The summed E-state index contributed by atoms with van der Waals surface area (Å²) in [6, 6.07) is 11.5. The Morgan fingerprint density at radius 3 is 2.56 bits per heavy atom. The molecule has 5 heteroatoms. The fourth-order valence-corrected chi connectivity index (χ4v) is 3.01. The Morgan fingerprint density at radius 2 is 1.88 bits per heavy atom. The van der Waals surface area contributed by atoms with E-state index in [0.717, 1.165) is 11.1 Å². The second kappa shape index (κ2) is 7.05. The Bertz CT molecular complexity index is 802. The van der Waals surface area contributed by atoms with Crippen LogP contribution in [0.4, 0.5) is 10.1 Å². The Kier molecular flexibility index (Phi) is 4.83. The summed E-state index contributed by atoms with van der Waals surface area (Å²) in [6.45, 7) is 4.94. The van der Waals surface area contributed by atoms with Crippen LogP contribution in [0.3, 0.4) is 0 Å². The molecule has 1 aliphatic rings. The standard InChI is InChI=1S/C20H21FN2O2/c1-13-3-4-16(9-14(13)2)20(25)22-11-15-10-19(24)23(12-15)18-7-5-17(21)6-8-18/h3-9,15H,10-12H2,1-2H3,(H,22,25)/t15-/m1/s1. The van der Waals surface area contributed by atoms with Crippen LogP contribution in [0.5, 0.6) is 0 Å². The van der Waals surface area contributed by atoms with Crippen LogP contribution in [-0.4, -0.2) is 24.9 Å². The molecule has 1 heterocycles. The number of carbonyl (C=O) groups is 2. The highest BCUT2D eigenvalue weighted by molar-refractivity contribution is 5.96. The molecule has 4 nitrogen and oxygen atoms in total. The van der Waals surface area contributed by atoms with Gasteiger partial charge in [0.2, 0.25) is 5.91 Å². The summed E-state index contributed by atoms with van der Waals surface area (Å²) >= 11 is 0. The van der Waals surface area contributed by atoms with Crippen LogP contribution in [0.2, 0.25) is 0 Å². The molecule has 0 spiro atoms. The quantitative estimate of drug-likeness (QED) is 0.929. The molecule has 1 aliphatic heterocycles. The largest absolute Gasteiger partial charge is 0.352 e. The summed E-state index contributed by atoms with van der Waals surface area (Å²) in [5, 5.41) is 2.91. The number of rotatable bonds is 4. The van der Waals surface area contributed by atoms with Gasteiger partial charge in [-0.15, -0.1) is 0 Å². The van der Waals surface area contributed by atoms with E-state index in [9.17, 15) is 14.0 Å². The van der Waals surface area contributed by atoms with Crippen LogP contribution < -0.4 is 10.2 Å². The number of aryl methyl sites for hydroxylation is 2. The van der Waals surface area contributed by atoms with E-state index >= 15 is 0 Å². The molecule has 0 saturated carbocycles. The molecule has 1 fully saturated rings. The van der Waals surface area contributed by atoms with Gasteiger partial charge in [-0.05, 0) is 61.4 Å². The normalized spacial score (nSPS) is 17.0. The molecule has 1 N–H and O–H groups in total. The molecule has 3 rings (SSSR count). The van der Waals surface area contributed by atoms with E-state index < -0.39 is 0 Å². The minimum Gasteiger partial charge on any atom is -0.352 e. The van der Waals surface area contributed by atoms with Gasteiger partial charge >= 0.3 is 0 Å². The van der Waals surface area contributed by atoms with Crippen molar-refractivity contribution in [3.05, 3.63) is 65.0 Å². The summed E-state index contributed by atoms with van der Waals surface area (Å²) < 4.78 is 13.0. The first-order valence-electron chi connectivity index (χ1n) is 8.35. The van der Waals surface area contributed by atoms with E-state index in [1.165, 1.54) is 12.1 Å². The number of hydrogen-bond donors (Lipinski definition) is 1. The molecule has 2 aromatic rings. The van der Waals surface area contributed by atoms with E-state index in [1.807, 2.05) is 32.0 Å². The lowest BCUT2D eigenvalue weighted by Gasteiger charge is -2.17. The molecular weight excluding hydrogens is 319 g/mol. The molecule has 2 aromatic carbocycles. The van der Waals surface area contributed by atoms with Gasteiger partial charge in [-0.3, -0.25) is 9.59 Å². The van der Waals surface area contributed by atoms with E-state index in [-0.39, 0.29) is 23.5 Å². The first-order chi connectivity index (χ1) is 11.9. The number of nitrogens with zero attached hydrogens (tertiary/aromatic N) is 1. The highest BCUT2D eigenvalue weighted by Crippen LogP contribution is 2.25. The molecule has 25 heavy (non-hydrogen) atoms. The van der Waals surface area contributed by atoms with Gasteiger partial charge in [0.25, 0.3) is 5.91 Å². The Morgan fingerprint density at radius 1 is 1.16 bits per heavy atom. The molecule has 130 valence electrons. The molecule has 1 saturated heterocycles. The highest BCUT2D eigenvalue weighted by Gasteiger charge is 2.30. The number of benzene rings is 2. The topological polar surface area (TPSA) is 49.4 Å². The fraction of sp³-hybridized carbons (Fsp3) is 0.300. The number of hydrogen-bond acceptors (Lipinski definition) is 2. The van der Waals surface area contributed by atoms with Gasteiger partial charge in [-0.2, -0.15) is 0 Å². The van der Waals surface area contributed by atoms with Crippen LogP contribution in [0, 0.1) is 25.6 Å². The zero-order chi connectivity index (χ0) is 18.0. The summed E-state index contributed by atoms with van der Waals surface area (Å²) in [5.41, 5.74) is 3.54. The first kappa shape index (κ1) is 17.1. The van der Waals surface area contributed by atoms with Gasteiger partial charge in [0.15, 0.2) is 0 Å². The molecule has 0 aromatic heterocycles. The lowest BCUT2D eigenvalue weighted by Crippen LogP contribution is -2.31. The second-order valence-electron chi connectivity index (χ2n) is 6.56. The minimum absolute atomic E-state index is 0.00274. The van der Waals surface area contributed by atoms with Crippen LogP contribution >= 0.6 is 0 Å². The number of amides is 2. The Hall–Kier alpha value is -2.69. The predicted octanol–water partition coefficient (Wildman–Crippen LogP) is 3.23. The summed E-state index contributed by atoms with van der Waals surface area (Å²) in [4.78, 5) is 26.1. The van der Waals surface area contributed by atoms with Gasteiger partial charge in [0.05, 0.1) is 0 Å². The zero-order valence-electron chi connectivity index (χ0n) is 14.4. The van der Waals surface area contributed by atoms with Gasteiger partial charge in [0.1, 0.15) is 5.82 Å². The van der Waals surface area contributed by atoms with Gasteiger partial charge in [-0.25, -0.2) is 4.39 Å². The smallest absolute Gasteiger partial charge is 0.251 e. The third-order valence-electron chi connectivity index (χ3n) is 4.66. The lowest BCUT2D eigenvalue weighted by molar-refractivity contribution is -0.117. The summed E-state index contributed by atoms with van der Waals surface area (Å²) in [7, 11) is 0. The number of carbonyl (C=O) groups excluding carboxylic acids is 2. The van der Waals surface area contributed by atoms with Crippen molar-refractivity contribution < 1.29 is 14.0 Å². The van der Waals surface area contributed by atoms with Crippen LogP contribution in [0.1, 0.15) is 27.9 Å². The third kappa shape index (κ3) is 3.87. The maximum atomic E-state index is 13.0. The third-order valence-corrected chi connectivity index (χ3v) is 4.66. The monoisotopic (exact) mass is 340 g/mol. The van der Waals surface area contributed by atoms with Gasteiger partial charge in [0, 0.05) is 36.7 Å². The van der Waals surface area contributed by atoms with Crippen LogP contribution in [0.25, 0.3) is 0 Å². The predicted molar refractivity (Wildman–Crippen MR) is 95.1 cm³/mol. The maximum Gasteiger partial charge on any atom is 0.251 e. The molecule has 0 radical (unpaired) electrons. The average molecular weight is 340 g/mol. The van der Waals surface area contributed by atoms with Gasteiger partial charge in [-0.1, -0.05) is 6.07 Å². The summed E-state index contributed by atoms with van der Waals surface area (Å²) in [5.74, 6) is -0.409. The van der Waals surface area contributed by atoms with Crippen molar-refractivity contribution >= 4 is 17.5 Å². The average Bonchev–Trinajstić information content (AvgIpc) is 2.96. The highest BCUT2D eigenvalue weighted by atomic mass is 19.1. The first-order valence-corrected chi connectivity index (χ1v) is 8.35. The van der Waals surface area contributed by atoms with Crippen molar-refractivity contribution in [1.29, 1.82) is 0 Å². The van der Waals surface area contributed by atoms with E-state index in [2.05, 4.69) is 5.32 Å². The molecule has 0 aliphatic carbocycles. The number of anilines is 1. The van der Waals surface area contributed by atoms with E-state index in [1.54, 1.807) is 17.0 Å². The Labute approximate surface area is 146 Å². The number of halogens is 1. The van der Waals surface area contributed by atoms with Crippen molar-refractivity contribution in [2.45, 2.75) is 20.3 Å². The molecule has 0 bridgehead atoms. The van der Waals surface area contributed by atoms with Crippen molar-refractivity contribution in [2.75, 3.05) is 18.0 Å². The fourth-order valence-electron chi connectivity index (χ4n) is 3.01. The lowest BCUT2D eigenvalue weighted by atomic mass is 10.1. The van der Waals surface area contributed by atoms with E-state index in [0.29, 0.717) is 30.8 Å². The maximum absolute atomic E-state index is 13.0. The van der Waals surface area contributed by atoms with Crippen molar-refractivity contribution in [1.82, 2.24) is 5.32 Å². The van der Waals surface area contributed by atoms with Gasteiger partial charge < -0.3 is 10.2 Å². The zero-order valence-corrected chi connectivity index (χ0v) is 14.4. The second-order valence-corrected chi connectivity index (χ2v) is 6.56.